The highest BCUT2D eigenvalue weighted by molar-refractivity contribution is 5.68. The number of benzene rings is 1. The van der Waals surface area contributed by atoms with Crippen LogP contribution in [0.15, 0.2) is 30.3 Å². The summed E-state index contributed by atoms with van der Waals surface area (Å²) >= 11 is 0. The highest BCUT2D eigenvalue weighted by atomic mass is 16.6. The van der Waals surface area contributed by atoms with Crippen molar-refractivity contribution in [2.45, 2.75) is 51.3 Å². The van der Waals surface area contributed by atoms with E-state index in [9.17, 15) is 4.79 Å². The minimum absolute atomic E-state index is 0.193. The zero-order valence-corrected chi connectivity index (χ0v) is 13.1. The second-order valence-electron chi connectivity index (χ2n) is 6.72. The first kappa shape index (κ1) is 15.3. The van der Waals surface area contributed by atoms with Crippen LogP contribution in [0.4, 0.5) is 4.79 Å². The normalized spacial score (nSPS) is 25.6. The number of piperidine rings is 1. The maximum absolute atomic E-state index is 12.2. The lowest BCUT2D eigenvalue weighted by molar-refractivity contribution is 0.0527. The first-order valence-corrected chi connectivity index (χ1v) is 8.45. The average molecular weight is 302 g/mol. The molecule has 1 amide bonds. The van der Waals surface area contributed by atoms with Crippen molar-refractivity contribution in [3.63, 3.8) is 0 Å². The van der Waals surface area contributed by atoms with Gasteiger partial charge in [0.2, 0.25) is 0 Å². The van der Waals surface area contributed by atoms with Crippen LogP contribution in [-0.2, 0) is 11.3 Å². The lowest BCUT2D eigenvalue weighted by atomic mass is 9.76. The lowest BCUT2D eigenvalue weighted by Crippen LogP contribution is -2.51. The van der Waals surface area contributed by atoms with E-state index in [1.54, 1.807) is 4.90 Å². The number of amides is 1. The molecule has 0 radical (unpaired) electrons. The van der Waals surface area contributed by atoms with Gasteiger partial charge in [0.15, 0.2) is 0 Å². The summed E-state index contributed by atoms with van der Waals surface area (Å²) in [5.41, 5.74) is 7.20. The lowest BCUT2D eigenvalue weighted by Gasteiger charge is -2.39. The summed E-state index contributed by atoms with van der Waals surface area (Å²) in [6.07, 6.45) is 6.95. The molecule has 1 saturated carbocycles. The Morgan fingerprint density at radius 3 is 2.59 bits per heavy atom. The minimum Gasteiger partial charge on any atom is -0.445 e. The van der Waals surface area contributed by atoms with E-state index < -0.39 is 0 Å². The van der Waals surface area contributed by atoms with Gasteiger partial charge < -0.3 is 10.5 Å². The zero-order valence-electron chi connectivity index (χ0n) is 13.1. The van der Waals surface area contributed by atoms with Gasteiger partial charge >= 0.3 is 6.09 Å². The third kappa shape index (κ3) is 3.80. The quantitative estimate of drug-likeness (QED) is 0.926. The largest absolute Gasteiger partial charge is 0.445 e. The van der Waals surface area contributed by atoms with Crippen molar-refractivity contribution >= 4 is 6.09 Å². The molecule has 2 N–H and O–H groups in total. The fourth-order valence-electron chi connectivity index (χ4n) is 3.52. The molecule has 2 fully saturated rings. The van der Waals surface area contributed by atoms with E-state index in [0.29, 0.717) is 12.5 Å². The zero-order chi connectivity index (χ0) is 15.4. The van der Waals surface area contributed by atoms with Crippen LogP contribution in [0.2, 0.25) is 0 Å². The van der Waals surface area contributed by atoms with Gasteiger partial charge in [-0.1, -0.05) is 49.6 Å². The monoisotopic (exact) mass is 302 g/mol. The van der Waals surface area contributed by atoms with E-state index in [-0.39, 0.29) is 12.3 Å². The highest BCUT2D eigenvalue weighted by Gasteiger charge is 2.32. The summed E-state index contributed by atoms with van der Waals surface area (Å²) in [5.74, 6) is 1.59. The molecule has 1 saturated heterocycles. The van der Waals surface area contributed by atoms with E-state index in [1.165, 1.54) is 25.7 Å². The summed E-state index contributed by atoms with van der Waals surface area (Å²) in [6, 6.07) is 9.76. The molecule has 2 unspecified atom stereocenters. The predicted octanol–water partition coefficient (Wildman–Crippen LogP) is 3.51. The number of nitrogens with zero attached hydrogens (tertiary/aromatic N) is 1. The number of likely N-dealkylation sites (tertiary alicyclic amines) is 1. The van der Waals surface area contributed by atoms with Crippen molar-refractivity contribution in [3.05, 3.63) is 35.9 Å². The highest BCUT2D eigenvalue weighted by Crippen LogP contribution is 2.36. The average Bonchev–Trinajstić information content (AvgIpc) is 2.50. The number of ether oxygens (including phenoxy) is 1. The third-order valence-electron chi connectivity index (χ3n) is 5.08. The van der Waals surface area contributed by atoms with Gasteiger partial charge in [0.25, 0.3) is 0 Å². The molecule has 4 heteroatoms. The maximum atomic E-state index is 12.2. The van der Waals surface area contributed by atoms with Crippen molar-refractivity contribution in [2.75, 3.05) is 6.54 Å². The van der Waals surface area contributed by atoms with Crippen LogP contribution in [-0.4, -0.2) is 23.7 Å². The summed E-state index contributed by atoms with van der Waals surface area (Å²) in [4.78, 5) is 13.9. The molecule has 1 heterocycles. The van der Waals surface area contributed by atoms with E-state index in [4.69, 9.17) is 10.5 Å². The van der Waals surface area contributed by atoms with E-state index in [0.717, 1.165) is 30.9 Å². The van der Waals surface area contributed by atoms with Crippen LogP contribution in [0, 0.1) is 11.8 Å². The van der Waals surface area contributed by atoms with Crippen molar-refractivity contribution in [1.29, 1.82) is 0 Å². The Kier molecular flexibility index (Phi) is 4.98. The van der Waals surface area contributed by atoms with Gasteiger partial charge in [0.1, 0.15) is 6.61 Å². The summed E-state index contributed by atoms with van der Waals surface area (Å²) < 4.78 is 5.39. The van der Waals surface area contributed by atoms with E-state index in [1.807, 2.05) is 30.3 Å². The van der Waals surface area contributed by atoms with Gasteiger partial charge in [-0.3, -0.25) is 4.90 Å². The molecule has 1 aromatic rings. The van der Waals surface area contributed by atoms with E-state index in [2.05, 4.69) is 0 Å². The fraction of sp³-hybridized carbons (Fsp3) is 0.611. The molecule has 1 aliphatic heterocycles. The molecular formula is C18H26N2O2. The second kappa shape index (κ2) is 7.14. The summed E-state index contributed by atoms with van der Waals surface area (Å²) in [5, 5.41) is 0. The van der Waals surface area contributed by atoms with Gasteiger partial charge in [-0.15, -0.1) is 0 Å². The van der Waals surface area contributed by atoms with Crippen LogP contribution in [0.5, 0.6) is 0 Å². The number of hydrogen-bond donors (Lipinski definition) is 1. The minimum atomic E-state index is -0.279. The Hall–Kier alpha value is -1.55. The first-order valence-electron chi connectivity index (χ1n) is 8.45. The molecule has 120 valence electrons. The Morgan fingerprint density at radius 2 is 1.95 bits per heavy atom. The predicted molar refractivity (Wildman–Crippen MR) is 86.0 cm³/mol. The number of hydrogen-bond acceptors (Lipinski definition) is 3. The Balaban J connectivity index is 1.44. The molecule has 1 aliphatic carbocycles. The molecule has 0 spiro atoms. The second-order valence-corrected chi connectivity index (χ2v) is 6.72. The molecule has 1 aromatic carbocycles. The van der Waals surface area contributed by atoms with Crippen molar-refractivity contribution in [3.8, 4) is 0 Å². The Morgan fingerprint density at radius 1 is 1.18 bits per heavy atom. The maximum Gasteiger partial charge on any atom is 0.411 e. The standard InChI is InChI=1S/C18H26N2O2/c19-17-12-16(11-14-7-4-8-14)9-10-20(17)18(21)22-13-15-5-2-1-3-6-15/h1-3,5-6,14,16-17H,4,7-13,19H2. The van der Waals surface area contributed by atoms with Crippen LogP contribution >= 0.6 is 0 Å². The van der Waals surface area contributed by atoms with Gasteiger partial charge in [0.05, 0.1) is 6.17 Å². The first-order chi connectivity index (χ1) is 10.7. The van der Waals surface area contributed by atoms with Crippen LogP contribution in [0.1, 0.15) is 44.1 Å². The molecule has 2 atom stereocenters. The van der Waals surface area contributed by atoms with Crippen LogP contribution in [0.25, 0.3) is 0 Å². The van der Waals surface area contributed by atoms with Gasteiger partial charge in [-0.05, 0) is 36.7 Å². The summed E-state index contributed by atoms with van der Waals surface area (Å²) in [7, 11) is 0. The van der Waals surface area contributed by atoms with Crippen molar-refractivity contribution in [1.82, 2.24) is 4.90 Å². The smallest absolute Gasteiger partial charge is 0.411 e. The molecular weight excluding hydrogens is 276 g/mol. The molecule has 0 bridgehead atoms. The van der Waals surface area contributed by atoms with E-state index >= 15 is 0 Å². The molecule has 22 heavy (non-hydrogen) atoms. The van der Waals surface area contributed by atoms with Gasteiger partial charge in [-0.2, -0.15) is 0 Å². The topological polar surface area (TPSA) is 55.6 Å². The van der Waals surface area contributed by atoms with Gasteiger partial charge in [0, 0.05) is 6.54 Å². The van der Waals surface area contributed by atoms with Crippen LogP contribution in [0.3, 0.4) is 0 Å². The summed E-state index contributed by atoms with van der Waals surface area (Å²) in [6.45, 7) is 1.04. The Labute approximate surface area is 132 Å². The Bertz CT molecular complexity index is 487. The molecule has 4 nitrogen and oxygen atoms in total. The number of nitrogens with two attached hydrogens (primary N) is 1. The van der Waals surface area contributed by atoms with Crippen molar-refractivity contribution < 1.29 is 9.53 Å². The third-order valence-corrected chi connectivity index (χ3v) is 5.08. The number of carbonyl (C=O) groups is 1. The number of carbonyl (C=O) groups excluding carboxylic acids is 1. The van der Waals surface area contributed by atoms with Gasteiger partial charge in [-0.25, -0.2) is 4.79 Å². The number of rotatable bonds is 4. The molecule has 0 aromatic heterocycles. The fourth-order valence-corrected chi connectivity index (χ4v) is 3.52. The van der Waals surface area contributed by atoms with Crippen LogP contribution < -0.4 is 5.73 Å². The van der Waals surface area contributed by atoms with Crippen molar-refractivity contribution in [2.24, 2.45) is 17.6 Å². The SMILES string of the molecule is NC1CC(CC2CCC2)CCN1C(=O)OCc1ccccc1. The molecule has 2 aliphatic rings. The molecule has 3 rings (SSSR count).